The highest BCUT2D eigenvalue weighted by Crippen LogP contribution is 2.30. The maximum absolute atomic E-state index is 11.2. The molecule has 0 aliphatic heterocycles. The molecule has 3 nitrogen and oxygen atoms in total. The zero-order valence-electron chi connectivity index (χ0n) is 13.2. The summed E-state index contributed by atoms with van der Waals surface area (Å²) in [6, 6.07) is 9.63. The van der Waals surface area contributed by atoms with E-state index < -0.39 is 0 Å². The van der Waals surface area contributed by atoms with Crippen LogP contribution in [0.4, 0.5) is 0 Å². The van der Waals surface area contributed by atoms with Gasteiger partial charge in [-0.25, -0.2) is 0 Å². The molecule has 0 heterocycles. The topological polar surface area (TPSA) is 35.5 Å². The van der Waals surface area contributed by atoms with Crippen molar-refractivity contribution in [2.75, 3.05) is 0 Å². The molecule has 0 aliphatic rings. The summed E-state index contributed by atoms with van der Waals surface area (Å²) in [5.41, 5.74) is 4.33. The van der Waals surface area contributed by atoms with Gasteiger partial charge in [-0.05, 0) is 55.7 Å². The van der Waals surface area contributed by atoms with Gasteiger partial charge in [-0.3, -0.25) is 4.79 Å². The Kier molecular flexibility index (Phi) is 5.24. The number of rotatable bonds is 4. The van der Waals surface area contributed by atoms with Crippen LogP contribution in [0.3, 0.4) is 0 Å². The van der Waals surface area contributed by atoms with Crippen LogP contribution in [-0.2, 0) is 11.4 Å². The molecule has 0 unspecified atom stereocenters. The van der Waals surface area contributed by atoms with Crippen LogP contribution in [0, 0.1) is 20.8 Å². The lowest BCUT2D eigenvalue weighted by Crippen LogP contribution is -2.07. The Balaban J connectivity index is 2.25. The lowest BCUT2D eigenvalue weighted by atomic mass is 10.1. The maximum Gasteiger partial charge on any atom is 0.308 e. The predicted octanol–water partition coefficient (Wildman–Crippen LogP) is 4.88. The quantitative estimate of drug-likeness (QED) is 0.574. The van der Waals surface area contributed by atoms with Crippen molar-refractivity contribution in [3.63, 3.8) is 0 Å². The average Bonchev–Trinajstić information content (AvgIpc) is 2.43. The van der Waals surface area contributed by atoms with E-state index in [2.05, 4.69) is 35.8 Å². The second-order valence-corrected chi connectivity index (χ2v) is 6.16. The molecule has 0 saturated carbocycles. The Morgan fingerprint density at radius 2 is 1.73 bits per heavy atom. The Labute approximate surface area is 139 Å². The van der Waals surface area contributed by atoms with Crippen LogP contribution in [-0.4, -0.2) is 5.97 Å². The third-order valence-electron chi connectivity index (χ3n) is 3.49. The minimum absolute atomic E-state index is 0.327. The minimum Gasteiger partial charge on any atom is -0.488 e. The van der Waals surface area contributed by atoms with Gasteiger partial charge >= 0.3 is 5.97 Å². The third kappa shape index (κ3) is 3.89. The number of hydrogen-bond acceptors (Lipinski definition) is 3. The number of halogens is 1. The molecule has 2 aromatic carbocycles. The Hall–Kier alpha value is -1.81. The van der Waals surface area contributed by atoms with Gasteiger partial charge in [0.05, 0.1) is 0 Å². The zero-order chi connectivity index (χ0) is 16.3. The van der Waals surface area contributed by atoms with Crippen molar-refractivity contribution in [1.29, 1.82) is 0 Å². The van der Waals surface area contributed by atoms with Gasteiger partial charge in [-0.2, -0.15) is 0 Å². The smallest absolute Gasteiger partial charge is 0.308 e. The van der Waals surface area contributed by atoms with Gasteiger partial charge in [0.2, 0.25) is 0 Å². The van der Waals surface area contributed by atoms with Gasteiger partial charge in [0.15, 0.2) is 0 Å². The number of ether oxygens (including phenoxy) is 2. The number of aryl methyl sites for hydroxylation is 3. The molecule has 0 aromatic heterocycles. The number of esters is 1. The Bertz CT molecular complexity index is 708. The molecule has 22 heavy (non-hydrogen) atoms. The minimum atomic E-state index is -0.346. The third-order valence-corrected chi connectivity index (χ3v) is 4.24. The summed E-state index contributed by atoms with van der Waals surface area (Å²) in [4.78, 5) is 11.2. The van der Waals surface area contributed by atoms with E-state index in [-0.39, 0.29) is 5.97 Å². The highest BCUT2D eigenvalue weighted by Gasteiger charge is 2.12. The van der Waals surface area contributed by atoms with E-state index in [1.807, 2.05) is 25.1 Å². The molecule has 4 heteroatoms. The van der Waals surface area contributed by atoms with E-state index in [0.717, 1.165) is 21.3 Å². The fraction of sp³-hybridized carbons (Fsp3) is 0.278. The summed E-state index contributed by atoms with van der Waals surface area (Å²) >= 11 is 3.48. The largest absolute Gasteiger partial charge is 0.488 e. The second-order valence-electron chi connectivity index (χ2n) is 5.30. The van der Waals surface area contributed by atoms with Crippen molar-refractivity contribution in [1.82, 2.24) is 0 Å². The van der Waals surface area contributed by atoms with Crippen LogP contribution in [0.2, 0.25) is 0 Å². The summed E-state index contributed by atoms with van der Waals surface area (Å²) in [5, 5.41) is 0. The van der Waals surface area contributed by atoms with Crippen LogP contribution >= 0.6 is 15.9 Å². The molecule has 0 N–H and O–H groups in total. The van der Waals surface area contributed by atoms with Gasteiger partial charge in [0, 0.05) is 17.0 Å². The van der Waals surface area contributed by atoms with Crippen LogP contribution in [0.15, 0.2) is 34.8 Å². The van der Waals surface area contributed by atoms with E-state index in [4.69, 9.17) is 9.47 Å². The summed E-state index contributed by atoms with van der Waals surface area (Å²) in [7, 11) is 0. The summed E-state index contributed by atoms with van der Waals surface area (Å²) < 4.78 is 12.0. The first-order chi connectivity index (χ1) is 10.4. The second kappa shape index (κ2) is 6.97. The number of carbonyl (C=O) groups excluding carboxylic acids is 1. The molecule has 2 aromatic rings. The molecule has 0 aliphatic carbocycles. The van der Waals surface area contributed by atoms with Crippen LogP contribution in [0.25, 0.3) is 0 Å². The van der Waals surface area contributed by atoms with Gasteiger partial charge in [-0.15, -0.1) is 0 Å². The van der Waals surface area contributed by atoms with E-state index in [9.17, 15) is 4.79 Å². The lowest BCUT2D eigenvalue weighted by molar-refractivity contribution is -0.131. The van der Waals surface area contributed by atoms with Crippen molar-refractivity contribution in [3.05, 3.63) is 57.1 Å². The van der Waals surface area contributed by atoms with Crippen molar-refractivity contribution in [2.24, 2.45) is 0 Å². The van der Waals surface area contributed by atoms with Crippen LogP contribution in [0.5, 0.6) is 11.5 Å². The molecule has 116 valence electrons. The Morgan fingerprint density at radius 3 is 2.41 bits per heavy atom. The molecule has 0 atom stereocenters. The zero-order valence-corrected chi connectivity index (χ0v) is 14.8. The fourth-order valence-electron chi connectivity index (χ4n) is 2.17. The van der Waals surface area contributed by atoms with E-state index in [1.165, 1.54) is 18.1 Å². The lowest BCUT2D eigenvalue weighted by Gasteiger charge is -2.15. The first-order valence-corrected chi connectivity index (χ1v) is 7.84. The molecule has 0 radical (unpaired) electrons. The first-order valence-electron chi connectivity index (χ1n) is 7.05. The summed E-state index contributed by atoms with van der Waals surface area (Å²) in [6.07, 6.45) is 0. The number of carbonyl (C=O) groups is 1. The highest BCUT2D eigenvalue weighted by atomic mass is 79.9. The molecule has 0 fully saturated rings. The predicted molar refractivity (Wildman–Crippen MR) is 90.4 cm³/mol. The monoisotopic (exact) mass is 362 g/mol. The fourth-order valence-corrected chi connectivity index (χ4v) is 2.63. The van der Waals surface area contributed by atoms with E-state index in [1.54, 1.807) is 6.07 Å². The normalized spacial score (nSPS) is 10.4. The van der Waals surface area contributed by atoms with Gasteiger partial charge < -0.3 is 9.47 Å². The number of hydrogen-bond donors (Lipinski definition) is 0. The molecule has 0 saturated heterocycles. The van der Waals surface area contributed by atoms with Crippen molar-refractivity contribution in [2.45, 2.75) is 34.3 Å². The molecular formula is C18H19BrO3. The number of benzene rings is 2. The average molecular weight is 363 g/mol. The standard InChI is InChI=1S/C18H19BrO3/c1-11-8-13(3)18(9-12(11)2)21-10-15-16(19)6-5-7-17(15)22-14(4)20/h5-9H,10H2,1-4H3. The van der Waals surface area contributed by atoms with Gasteiger partial charge in [-0.1, -0.05) is 28.1 Å². The molecular weight excluding hydrogens is 344 g/mol. The first kappa shape index (κ1) is 16.6. The van der Waals surface area contributed by atoms with Crippen molar-refractivity contribution >= 4 is 21.9 Å². The van der Waals surface area contributed by atoms with Crippen molar-refractivity contribution < 1.29 is 14.3 Å². The Morgan fingerprint density at radius 1 is 1.05 bits per heavy atom. The van der Waals surface area contributed by atoms with Crippen molar-refractivity contribution in [3.8, 4) is 11.5 Å². The summed E-state index contributed by atoms with van der Waals surface area (Å²) in [5.74, 6) is 1.01. The SMILES string of the molecule is CC(=O)Oc1cccc(Br)c1COc1cc(C)c(C)cc1C. The molecule has 0 amide bonds. The molecule has 2 rings (SSSR count). The van der Waals surface area contributed by atoms with E-state index >= 15 is 0 Å². The van der Waals surface area contributed by atoms with Gasteiger partial charge in [0.1, 0.15) is 18.1 Å². The van der Waals surface area contributed by atoms with E-state index in [0.29, 0.717) is 12.4 Å². The highest BCUT2D eigenvalue weighted by molar-refractivity contribution is 9.10. The summed E-state index contributed by atoms with van der Waals surface area (Å²) in [6.45, 7) is 7.88. The molecule has 0 bridgehead atoms. The maximum atomic E-state index is 11.2. The molecule has 0 spiro atoms. The van der Waals surface area contributed by atoms with Crippen LogP contribution < -0.4 is 9.47 Å². The van der Waals surface area contributed by atoms with Crippen LogP contribution in [0.1, 0.15) is 29.2 Å². The van der Waals surface area contributed by atoms with Gasteiger partial charge in [0.25, 0.3) is 0 Å².